The van der Waals surface area contributed by atoms with Gasteiger partial charge in [0.15, 0.2) is 11.3 Å². The second-order valence-electron chi connectivity index (χ2n) is 6.13. The number of benzene rings is 1. The third-order valence-corrected chi connectivity index (χ3v) is 4.12. The monoisotopic (exact) mass is 356 g/mol. The number of cyclic esters (lactones) is 1. The van der Waals surface area contributed by atoms with Crippen LogP contribution < -0.4 is 15.1 Å². The highest BCUT2D eigenvalue weighted by molar-refractivity contribution is 5.90. The van der Waals surface area contributed by atoms with Crippen LogP contribution in [0, 0.1) is 0 Å². The van der Waals surface area contributed by atoms with E-state index in [4.69, 9.17) is 18.6 Å². The Morgan fingerprint density at radius 2 is 2.00 bits per heavy atom. The van der Waals surface area contributed by atoms with Crippen LogP contribution >= 0.6 is 0 Å². The number of carbonyl (C=O) groups is 1. The fraction of sp³-hybridized carbons (Fsp3) is 0.300. The van der Waals surface area contributed by atoms with Gasteiger partial charge >= 0.3 is 11.6 Å². The minimum Gasteiger partial charge on any atom is -0.490 e. The molecule has 136 valence electrons. The van der Waals surface area contributed by atoms with E-state index in [2.05, 4.69) is 0 Å². The lowest BCUT2D eigenvalue weighted by atomic mass is 10.1. The van der Waals surface area contributed by atoms with Crippen LogP contribution in [0.2, 0.25) is 0 Å². The smallest absolute Gasteiger partial charge is 0.336 e. The molecule has 0 saturated heterocycles. The van der Waals surface area contributed by atoms with Crippen LogP contribution in [0.25, 0.3) is 11.0 Å². The van der Waals surface area contributed by atoms with Crippen molar-refractivity contribution in [2.45, 2.75) is 26.4 Å². The van der Waals surface area contributed by atoms with Gasteiger partial charge in [0.05, 0.1) is 7.11 Å². The average Bonchev–Trinajstić information content (AvgIpc) is 2.91. The second-order valence-corrected chi connectivity index (χ2v) is 6.13. The van der Waals surface area contributed by atoms with Gasteiger partial charge in [-0.3, -0.25) is 0 Å². The van der Waals surface area contributed by atoms with E-state index in [9.17, 15) is 9.59 Å². The van der Waals surface area contributed by atoms with E-state index in [1.54, 1.807) is 25.1 Å². The average molecular weight is 356 g/mol. The Balaban J connectivity index is 1.69. The van der Waals surface area contributed by atoms with Crippen molar-refractivity contribution in [3.8, 4) is 11.5 Å². The normalized spacial score (nSPS) is 17.2. The molecular formula is C20H20O6. The predicted molar refractivity (Wildman–Crippen MR) is 96.5 cm³/mol. The molecule has 1 aliphatic rings. The van der Waals surface area contributed by atoms with Crippen LogP contribution in [0.15, 0.2) is 56.8 Å². The molecule has 0 unspecified atom stereocenters. The van der Waals surface area contributed by atoms with Gasteiger partial charge in [0.25, 0.3) is 0 Å². The van der Waals surface area contributed by atoms with E-state index in [-0.39, 0.29) is 12.1 Å². The number of carbonyl (C=O) groups excluding carboxylic acids is 1. The third-order valence-electron chi connectivity index (χ3n) is 4.12. The van der Waals surface area contributed by atoms with E-state index in [0.29, 0.717) is 35.7 Å². The Morgan fingerprint density at radius 3 is 2.69 bits per heavy atom. The van der Waals surface area contributed by atoms with Gasteiger partial charge in [0.2, 0.25) is 5.75 Å². The molecule has 3 rings (SSSR count). The van der Waals surface area contributed by atoms with Crippen LogP contribution in [-0.2, 0) is 9.53 Å². The Morgan fingerprint density at radius 1 is 1.23 bits per heavy atom. The number of ether oxygens (including phenoxy) is 3. The molecule has 0 radical (unpaired) electrons. The summed E-state index contributed by atoms with van der Waals surface area (Å²) in [4.78, 5) is 22.9. The summed E-state index contributed by atoms with van der Waals surface area (Å²) in [6.07, 6.45) is 4.15. The lowest BCUT2D eigenvalue weighted by Gasteiger charge is -2.12. The van der Waals surface area contributed by atoms with E-state index >= 15 is 0 Å². The molecule has 0 aliphatic carbocycles. The number of methoxy groups -OCH3 is 1. The maximum absolute atomic E-state index is 11.5. The number of hydrogen-bond acceptors (Lipinski definition) is 6. The molecule has 2 aromatic rings. The molecule has 1 aromatic carbocycles. The quantitative estimate of drug-likeness (QED) is 0.449. The molecule has 0 bridgehead atoms. The standard InChI is InChI=1S/C20H20O6/c1-12(10-15-11-13(2)20(22)25-15)8-9-24-16-6-4-14-5-7-17(21)26-18(14)19(16)23-3/h4-8,11,15H,9-10H2,1-3H3/t15-/m0/s1. The maximum atomic E-state index is 11.5. The zero-order chi connectivity index (χ0) is 18.7. The van der Waals surface area contributed by atoms with E-state index in [0.717, 1.165) is 11.0 Å². The summed E-state index contributed by atoms with van der Waals surface area (Å²) in [7, 11) is 1.50. The Kier molecular flexibility index (Phi) is 5.11. The molecule has 1 aliphatic heterocycles. The van der Waals surface area contributed by atoms with Crippen LogP contribution in [0.5, 0.6) is 11.5 Å². The van der Waals surface area contributed by atoms with Gasteiger partial charge in [-0.05, 0) is 44.2 Å². The Hall–Kier alpha value is -3.02. The van der Waals surface area contributed by atoms with Crippen molar-refractivity contribution >= 4 is 16.9 Å². The summed E-state index contributed by atoms with van der Waals surface area (Å²) in [5, 5.41) is 0.755. The molecule has 0 amide bonds. The summed E-state index contributed by atoms with van der Waals surface area (Å²) in [5.41, 5.74) is 1.59. The minimum atomic E-state index is -0.446. The third kappa shape index (κ3) is 3.79. The number of rotatable bonds is 6. The minimum absolute atomic E-state index is 0.219. The predicted octanol–water partition coefficient (Wildman–Crippen LogP) is 3.39. The number of fused-ring (bicyclic) bond motifs is 1. The largest absolute Gasteiger partial charge is 0.490 e. The highest BCUT2D eigenvalue weighted by Crippen LogP contribution is 2.34. The van der Waals surface area contributed by atoms with Gasteiger partial charge in [-0.15, -0.1) is 0 Å². The van der Waals surface area contributed by atoms with Crippen molar-refractivity contribution in [1.29, 1.82) is 0 Å². The summed E-state index contributed by atoms with van der Waals surface area (Å²) >= 11 is 0. The molecule has 1 aromatic heterocycles. The molecule has 0 N–H and O–H groups in total. The van der Waals surface area contributed by atoms with Gasteiger partial charge in [-0.1, -0.05) is 5.57 Å². The van der Waals surface area contributed by atoms with Crippen molar-refractivity contribution < 1.29 is 23.4 Å². The summed E-state index contributed by atoms with van der Waals surface area (Å²) < 4.78 is 21.6. The highest BCUT2D eigenvalue weighted by Gasteiger charge is 2.22. The summed E-state index contributed by atoms with van der Waals surface area (Å²) in [6, 6.07) is 6.61. The first-order valence-electron chi connectivity index (χ1n) is 8.26. The number of hydrogen-bond donors (Lipinski definition) is 0. The highest BCUT2D eigenvalue weighted by atomic mass is 16.5. The first-order chi connectivity index (χ1) is 12.5. The lowest BCUT2D eigenvalue weighted by molar-refractivity contribution is -0.139. The first kappa shape index (κ1) is 17.8. The fourth-order valence-electron chi connectivity index (χ4n) is 2.78. The molecule has 1 atom stereocenters. The van der Waals surface area contributed by atoms with Crippen molar-refractivity contribution in [3.05, 3.63) is 58.0 Å². The van der Waals surface area contributed by atoms with Crippen molar-refractivity contribution in [1.82, 2.24) is 0 Å². The SMILES string of the molecule is COc1c(OCC=C(C)C[C@H]2C=C(C)C(=O)O2)ccc2ccc(=O)oc12. The van der Waals surface area contributed by atoms with Crippen LogP contribution in [0.4, 0.5) is 0 Å². The maximum Gasteiger partial charge on any atom is 0.336 e. The molecule has 26 heavy (non-hydrogen) atoms. The first-order valence-corrected chi connectivity index (χ1v) is 8.26. The zero-order valence-corrected chi connectivity index (χ0v) is 14.9. The molecule has 2 heterocycles. The molecular weight excluding hydrogens is 336 g/mol. The van der Waals surface area contributed by atoms with Crippen LogP contribution in [0.3, 0.4) is 0 Å². The Bertz CT molecular complexity index is 950. The van der Waals surface area contributed by atoms with E-state index < -0.39 is 5.63 Å². The summed E-state index contributed by atoms with van der Waals surface area (Å²) in [6.45, 7) is 4.01. The number of esters is 1. The van der Waals surface area contributed by atoms with Gasteiger partial charge in [0, 0.05) is 23.4 Å². The molecule has 0 saturated carbocycles. The molecule has 6 heteroatoms. The van der Waals surface area contributed by atoms with E-state index in [1.807, 2.05) is 19.1 Å². The van der Waals surface area contributed by atoms with Gasteiger partial charge in [0.1, 0.15) is 12.7 Å². The zero-order valence-electron chi connectivity index (χ0n) is 14.9. The van der Waals surface area contributed by atoms with Crippen molar-refractivity contribution in [2.24, 2.45) is 0 Å². The van der Waals surface area contributed by atoms with Gasteiger partial charge in [-0.25, -0.2) is 9.59 Å². The van der Waals surface area contributed by atoms with Crippen molar-refractivity contribution in [3.63, 3.8) is 0 Å². The van der Waals surface area contributed by atoms with E-state index in [1.165, 1.54) is 13.2 Å². The second kappa shape index (κ2) is 7.47. The van der Waals surface area contributed by atoms with Gasteiger partial charge < -0.3 is 18.6 Å². The van der Waals surface area contributed by atoms with Crippen LogP contribution in [-0.4, -0.2) is 25.8 Å². The fourth-order valence-corrected chi connectivity index (χ4v) is 2.78. The lowest BCUT2D eigenvalue weighted by Crippen LogP contribution is -2.08. The van der Waals surface area contributed by atoms with Gasteiger partial charge in [-0.2, -0.15) is 0 Å². The van der Waals surface area contributed by atoms with Crippen LogP contribution in [0.1, 0.15) is 20.3 Å². The van der Waals surface area contributed by atoms with Crippen molar-refractivity contribution in [2.75, 3.05) is 13.7 Å². The summed E-state index contributed by atoms with van der Waals surface area (Å²) in [5.74, 6) is 0.609. The topological polar surface area (TPSA) is 75.0 Å². The molecule has 6 nitrogen and oxygen atoms in total. The molecule has 0 spiro atoms. The Labute approximate surface area is 150 Å². The molecule has 0 fully saturated rings.